The molecule has 1 aromatic rings. The molecule has 0 amide bonds. The lowest BCUT2D eigenvalue weighted by atomic mass is 10.4. The Kier molecular flexibility index (Phi) is 10.7. The van der Waals surface area contributed by atoms with E-state index in [1.165, 1.54) is 4.88 Å². The second-order valence-corrected chi connectivity index (χ2v) is 3.12. The Balaban J connectivity index is 0. The number of hydrogen-bond donors (Lipinski definition) is 1. The zero-order chi connectivity index (χ0) is 10.9. The van der Waals surface area contributed by atoms with E-state index in [2.05, 4.69) is 11.6 Å². The van der Waals surface area contributed by atoms with Crippen LogP contribution in [-0.2, 0) is 0 Å². The molecule has 0 aromatic carbocycles. The van der Waals surface area contributed by atoms with Crippen LogP contribution in [-0.4, -0.2) is 17.2 Å². The Morgan fingerprint density at radius 3 is 1.92 bits per heavy atom. The van der Waals surface area contributed by atoms with Crippen LogP contribution in [0.5, 0.6) is 0 Å². The zero-order valence-electron chi connectivity index (χ0n) is 9.09. The maximum atomic E-state index is 7.00. The van der Waals surface area contributed by atoms with Crippen LogP contribution in [0.4, 0.5) is 0 Å². The lowest BCUT2D eigenvalue weighted by Gasteiger charge is -1.80. The molecule has 1 rings (SSSR count). The van der Waals surface area contributed by atoms with Crippen LogP contribution in [0.3, 0.4) is 0 Å². The van der Waals surface area contributed by atoms with Crippen LogP contribution in [0.25, 0.3) is 6.08 Å². The van der Waals surface area contributed by atoms with Crippen molar-refractivity contribution in [3.63, 3.8) is 0 Å². The van der Waals surface area contributed by atoms with Gasteiger partial charge in [-0.2, -0.15) is 0 Å². The van der Waals surface area contributed by atoms with Crippen molar-refractivity contribution in [2.24, 2.45) is 0 Å². The van der Waals surface area contributed by atoms with Crippen molar-refractivity contribution in [2.45, 2.75) is 27.7 Å². The molecule has 0 unspecified atom stereocenters. The topological polar surface area (TPSA) is 33.1 Å². The maximum absolute atomic E-state index is 7.00. The van der Waals surface area contributed by atoms with Gasteiger partial charge in [-0.25, -0.2) is 4.98 Å². The van der Waals surface area contributed by atoms with E-state index < -0.39 is 0 Å². The quantitative estimate of drug-likeness (QED) is 0.757. The molecule has 0 saturated carbocycles. The molecule has 0 saturated heterocycles. The molecule has 0 aliphatic rings. The highest BCUT2D eigenvalue weighted by Crippen LogP contribution is 2.17. The molecule has 0 spiro atoms. The lowest BCUT2D eigenvalue weighted by molar-refractivity contribution is 0.399. The number of aliphatic hydroxyl groups is 1. The fraction of sp³-hybridized carbons (Fsp3) is 0.500. The smallest absolute Gasteiger partial charge is 0.0903 e. The summed E-state index contributed by atoms with van der Waals surface area (Å²) in [6, 6.07) is 0. The van der Waals surface area contributed by atoms with Gasteiger partial charge in [0.15, 0.2) is 0 Å². The predicted molar refractivity (Wildman–Crippen MR) is 61.2 cm³/mol. The molecule has 1 aromatic heterocycles. The van der Waals surface area contributed by atoms with Crippen LogP contribution >= 0.6 is 11.3 Å². The van der Waals surface area contributed by atoms with Gasteiger partial charge in [-0.1, -0.05) is 26.5 Å². The van der Waals surface area contributed by atoms with Crippen LogP contribution in [0.2, 0.25) is 0 Å². The van der Waals surface area contributed by atoms with Gasteiger partial charge in [0.1, 0.15) is 0 Å². The molecule has 0 atom stereocenters. The third-order valence-electron chi connectivity index (χ3n) is 1.12. The number of rotatable bonds is 1. The molecule has 13 heavy (non-hydrogen) atoms. The minimum Gasteiger partial charge on any atom is -0.400 e. The van der Waals surface area contributed by atoms with Crippen LogP contribution in [0.15, 0.2) is 6.58 Å². The second kappa shape index (κ2) is 9.42. The van der Waals surface area contributed by atoms with Crippen molar-refractivity contribution in [1.82, 2.24) is 4.98 Å². The molecule has 0 radical (unpaired) electrons. The van der Waals surface area contributed by atoms with E-state index in [4.69, 9.17) is 5.11 Å². The average Bonchev–Trinajstić information content (AvgIpc) is 2.51. The Morgan fingerprint density at radius 2 is 1.77 bits per heavy atom. The molecule has 0 bridgehead atoms. The van der Waals surface area contributed by atoms with Crippen LogP contribution < -0.4 is 0 Å². The van der Waals surface area contributed by atoms with Crippen molar-refractivity contribution in [2.75, 3.05) is 7.11 Å². The molecule has 0 aliphatic heterocycles. The van der Waals surface area contributed by atoms with E-state index >= 15 is 0 Å². The van der Waals surface area contributed by atoms with Crippen molar-refractivity contribution in [1.29, 1.82) is 0 Å². The normalized spacial score (nSPS) is 7.54. The minimum absolute atomic E-state index is 1.00. The first-order chi connectivity index (χ1) is 6.24. The molecule has 76 valence electrons. The Hall–Kier alpha value is -0.670. The Morgan fingerprint density at radius 1 is 1.31 bits per heavy atom. The number of nitrogens with zero attached hydrogens (tertiary/aromatic N) is 1. The molecular formula is C10H19NOS. The summed E-state index contributed by atoms with van der Waals surface area (Å²) in [5, 5.41) is 8.11. The summed E-state index contributed by atoms with van der Waals surface area (Å²) in [6.45, 7) is 11.7. The first-order valence-electron chi connectivity index (χ1n) is 4.25. The Bertz CT molecular complexity index is 231. The lowest BCUT2D eigenvalue weighted by Crippen LogP contribution is -1.71. The molecule has 2 nitrogen and oxygen atoms in total. The number of hydrogen-bond acceptors (Lipinski definition) is 3. The Labute approximate surface area is 85.0 Å². The predicted octanol–water partition coefficient (Wildman–Crippen LogP) is 3.04. The molecule has 0 fully saturated rings. The average molecular weight is 201 g/mol. The largest absolute Gasteiger partial charge is 0.400 e. The van der Waals surface area contributed by atoms with Gasteiger partial charge in [-0.05, 0) is 13.8 Å². The summed E-state index contributed by atoms with van der Waals surface area (Å²) < 4.78 is 0. The van der Waals surface area contributed by atoms with Crippen LogP contribution in [0.1, 0.15) is 29.4 Å². The molecule has 1 N–H and O–H groups in total. The van der Waals surface area contributed by atoms with Gasteiger partial charge in [0.05, 0.1) is 10.7 Å². The zero-order valence-corrected chi connectivity index (χ0v) is 9.90. The van der Waals surface area contributed by atoms with Gasteiger partial charge >= 0.3 is 0 Å². The summed E-state index contributed by atoms with van der Waals surface area (Å²) in [5.74, 6) is 0. The summed E-state index contributed by atoms with van der Waals surface area (Å²) in [4.78, 5) is 5.42. The highest BCUT2D eigenvalue weighted by molar-refractivity contribution is 7.12. The van der Waals surface area contributed by atoms with E-state index in [1.807, 2.05) is 33.8 Å². The monoisotopic (exact) mass is 201 g/mol. The van der Waals surface area contributed by atoms with Crippen LogP contribution in [0, 0.1) is 13.8 Å². The van der Waals surface area contributed by atoms with Crippen molar-refractivity contribution < 1.29 is 5.11 Å². The van der Waals surface area contributed by atoms with E-state index in [-0.39, 0.29) is 0 Å². The molecule has 1 heterocycles. The SMILES string of the molecule is C=Cc1sc(C)nc1C.CC.CO. The summed E-state index contributed by atoms with van der Waals surface area (Å²) in [7, 11) is 1.00. The first-order valence-corrected chi connectivity index (χ1v) is 5.07. The number of aromatic nitrogens is 1. The summed E-state index contributed by atoms with van der Waals surface area (Å²) in [5.41, 5.74) is 1.09. The third-order valence-corrected chi connectivity index (χ3v) is 2.19. The fourth-order valence-corrected chi connectivity index (χ4v) is 1.51. The number of aliphatic hydroxyl groups excluding tert-OH is 1. The highest BCUT2D eigenvalue weighted by atomic mass is 32.1. The number of aryl methyl sites for hydroxylation is 2. The minimum atomic E-state index is 1.00. The standard InChI is InChI=1S/C7H9NS.C2H6.CH4O/c1-4-7-5(2)8-6(3)9-7;2*1-2/h4H,1H2,2-3H3;1-2H3;2H,1H3. The van der Waals surface area contributed by atoms with Gasteiger partial charge in [0, 0.05) is 12.0 Å². The second-order valence-electron chi connectivity index (χ2n) is 1.89. The summed E-state index contributed by atoms with van der Waals surface area (Å²) in [6.07, 6.45) is 1.85. The summed E-state index contributed by atoms with van der Waals surface area (Å²) >= 11 is 1.69. The third kappa shape index (κ3) is 5.55. The van der Waals surface area contributed by atoms with E-state index in [0.717, 1.165) is 17.8 Å². The first kappa shape index (κ1) is 14.8. The fourth-order valence-electron chi connectivity index (χ4n) is 0.736. The van der Waals surface area contributed by atoms with Crippen molar-refractivity contribution in [3.05, 3.63) is 22.2 Å². The maximum Gasteiger partial charge on any atom is 0.0903 e. The van der Waals surface area contributed by atoms with Gasteiger partial charge in [0.2, 0.25) is 0 Å². The van der Waals surface area contributed by atoms with Crippen molar-refractivity contribution >= 4 is 17.4 Å². The van der Waals surface area contributed by atoms with E-state index in [9.17, 15) is 0 Å². The molecular weight excluding hydrogens is 182 g/mol. The van der Waals surface area contributed by atoms with Gasteiger partial charge < -0.3 is 5.11 Å². The van der Waals surface area contributed by atoms with E-state index in [1.54, 1.807) is 11.3 Å². The van der Waals surface area contributed by atoms with Gasteiger partial charge in [0.25, 0.3) is 0 Å². The van der Waals surface area contributed by atoms with Gasteiger partial charge in [-0.15, -0.1) is 11.3 Å². The van der Waals surface area contributed by atoms with E-state index in [0.29, 0.717) is 0 Å². The molecule has 3 heteroatoms. The van der Waals surface area contributed by atoms with Crippen molar-refractivity contribution in [3.8, 4) is 0 Å². The highest BCUT2D eigenvalue weighted by Gasteiger charge is 1.97. The van der Waals surface area contributed by atoms with Gasteiger partial charge in [-0.3, -0.25) is 0 Å². The molecule has 0 aliphatic carbocycles. The number of thiazole rings is 1.